The van der Waals surface area contributed by atoms with Crippen LogP contribution in [-0.4, -0.2) is 55.2 Å². The maximum Gasteiger partial charge on any atom is 0.325 e. The van der Waals surface area contributed by atoms with Gasteiger partial charge in [-0.1, -0.05) is 30.3 Å². The van der Waals surface area contributed by atoms with Crippen LogP contribution in [0, 0.1) is 0 Å². The molecule has 7 heteroatoms. The van der Waals surface area contributed by atoms with Gasteiger partial charge in [0.1, 0.15) is 18.9 Å². The molecule has 0 bridgehead atoms. The highest BCUT2D eigenvalue weighted by Crippen LogP contribution is 2.26. The summed E-state index contributed by atoms with van der Waals surface area (Å²) in [6.45, 7) is 4.02. The standard InChI is InChI=1S/C23H27N3O4/c1-29-22(27)13-24-23(28)26-10-11-30-21-7-6-17(12-20(21)16-26)14-25-9-8-18-4-2-3-5-19(18)15-25/h2-7,12H,8-11,13-16H2,1H3,(H,24,28). The molecule has 0 saturated carbocycles. The van der Waals surface area contributed by atoms with E-state index < -0.39 is 5.97 Å². The fourth-order valence-corrected chi connectivity index (χ4v) is 4.00. The molecule has 2 aliphatic heterocycles. The number of urea groups is 1. The van der Waals surface area contributed by atoms with Crippen LogP contribution < -0.4 is 10.1 Å². The Morgan fingerprint density at radius 2 is 1.90 bits per heavy atom. The normalized spacial score (nSPS) is 16.0. The Bertz CT molecular complexity index is 930. The van der Waals surface area contributed by atoms with Crippen molar-refractivity contribution in [2.75, 3.05) is 33.4 Å². The molecule has 2 heterocycles. The van der Waals surface area contributed by atoms with E-state index in [2.05, 4.69) is 51.4 Å². The summed E-state index contributed by atoms with van der Waals surface area (Å²) in [6, 6.07) is 14.6. The zero-order valence-electron chi connectivity index (χ0n) is 17.2. The van der Waals surface area contributed by atoms with Gasteiger partial charge in [0.2, 0.25) is 0 Å². The van der Waals surface area contributed by atoms with Gasteiger partial charge in [-0.2, -0.15) is 0 Å². The number of hydrogen-bond donors (Lipinski definition) is 1. The molecule has 158 valence electrons. The van der Waals surface area contributed by atoms with Gasteiger partial charge in [-0.05, 0) is 35.2 Å². The molecule has 0 aromatic heterocycles. The number of hydrogen-bond acceptors (Lipinski definition) is 5. The summed E-state index contributed by atoms with van der Waals surface area (Å²) in [5.41, 5.74) is 5.03. The lowest BCUT2D eigenvalue weighted by Crippen LogP contribution is -2.42. The number of carbonyl (C=O) groups is 2. The van der Waals surface area contributed by atoms with E-state index in [0.717, 1.165) is 37.4 Å². The predicted molar refractivity (Wildman–Crippen MR) is 112 cm³/mol. The van der Waals surface area contributed by atoms with Crippen LogP contribution in [-0.2, 0) is 35.6 Å². The molecule has 30 heavy (non-hydrogen) atoms. The molecule has 7 nitrogen and oxygen atoms in total. The first-order valence-electron chi connectivity index (χ1n) is 10.3. The van der Waals surface area contributed by atoms with Gasteiger partial charge >= 0.3 is 12.0 Å². The summed E-state index contributed by atoms with van der Waals surface area (Å²) in [5, 5.41) is 2.60. The minimum absolute atomic E-state index is 0.143. The van der Waals surface area contributed by atoms with Crippen molar-refractivity contribution < 1.29 is 19.1 Å². The molecule has 2 aromatic carbocycles. The number of ether oxygens (including phenoxy) is 2. The molecular weight excluding hydrogens is 382 g/mol. The average molecular weight is 409 g/mol. The highest BCUT2D eigenvalue weighted by molar-refractivity contribution is 5.80. The second kappa shape index (κ2) is 9.17. The maximum absolute atomic E-state index is 12.4. The van der Waals surface area contributed by atoms with Gasteiger partial charge in [0.05, 0.1) is 20.2 Å². The highest BCUT2D eigenvalue weighted by atomic mass is 16.5. The number of rotatable bonds is 4. The largest absolute Gasteiger partial charge is 0.491 e. The van der Waals surface area contributed by atoms with Crippen molar-refractivity contribution in [3.8, 4) is 5.75 Å². The second-order valence-corrected chi connectivity index (χ2v) is 7.68. The molecule has 0 spiro atoms. The number of carbonyl (C=O) groups excluding carboxylic acids is 2. The molecule has 1 N–H and O–H groups in total. The van der Waals surface area contributed by atoms with E-state index in [-0.39, 0.29) is 12.6 Å². The van der Waals surface area contributed by atoms with E-state index in [1.807, 2.05) is 6.07 Å². The molecule has 0 aliphatic carbocycles. The Morgan fingerprint density at radius 1 is 1.07 bits per heavy atom. The lowest BCUT2D eigenvalue weighted by molar-refractivity contribution is -0.139. The van der Waals surface area contributed by atoms with Crippen LogP contribution >= 0.6 is 0 Å². The van der Waals surface area contributed by atoms with Crippen molar-refractivity contribution in [2.45, 2.75) is 26.1 Å². The van der Waals surface area contributed by atoms with Crippen LogP contribution in [0.4, 0.5) is 4.79 Å². The minimum Gasteiger partial charge on any atom is -0.491 e. The van der Waals surface area contributed by atoms with Gasteiger partial charge in [0, 0.05) is 25.2 Å². The van der Waals surface area contributed by atoms with Crippen LogP contribution in [0.15, 0.2) is 42.5 Å². The van der Waals surface area contributed by atoms with E-state index in [0.29, 0.717) is 19.7 Å². The van der Waals surface area contributed by atoms with Crippen LogP contribution in [0.25, 0.3) is 0 Å². The number of fused-ring (bicyclic) bond motifs is 2. The summed E-state index contributed by atoms with van der Waals surface area (Å²) < 4.78 is 10.4. The van der Waals surface area contributed by atoms with Crippen molar-refractivity contribution in [2.24, 2.45) is 0 Å². The zero-order valence-corrected chi connectivity index (χ0v) is 17.2. The monoisotopic (exact) mass is 409 g/mol. The second-order valence-electron chi connectivity index (χ2n) is 7.68. The van der Waals surface area contributed by atoms with Gasteiger partial charge < -0.3 is 19.7 Å². The topological polar surface area (TPSA) is 71.1 Å². The van der Waals surface area contributed by atoms with Crippen molar-refractivity contribution in [3.05, 3.63) is 64.7 Å². The maximum atomic E-state index is 12.4. The van der Waals surface area contributed by atoms with Gasteiger partial charge in [-0.25, -0.2) is 4.79 Å². The molecule has 0 saturated heterocycles. The van der Waals surface area contributed by atoms with E-state index in [1.54, 1.807) is 4.90 Å². The molecule has 0 fully saturated rings. The third kappa shape index (κ3) is 4.74. The number of nitrogens with zero attached hydrogens (tertiary/aromatic N) is 2. The first-order chi connectivity index (χ1) is 14.6. The first kappa shape index (κ1) is 20.2. The molecule has 4 rings (SSSR count). The van der Waals surface area contributed by atoms with Crippen LogP contribution in [0.3, 0.4) is 0 Å². The van der Waals surface area contributed by atoms with Gasteiger partial charge in [-0.3, -0.25) is 9.69 Å². The van der Waals surface area contributed by atoms with Gasteiger partial charge in [-0.15, -0.1) is 0 Å². The van der Waals surface area contributed by atoms with E-state index in [9.17, 15) is 9.59 Å². The lowest BCUT2D eigenvalue weighted by Gasteiger charge is -2.29. The quantitative estimate of drug-likeness (QED) is 0.785. The van der Waals surface area contributed by atoms with Crippen LogP contribution in [0.1, 0.15) is 22.3 Å². The molecule has 2 amide bonds. The number of nitrogens with one attached hydrogen (secondary N) is 1. The number of esters is 1. The average Bonchev–Trinajstić information content (AvgIpc) is 2.99. The molecule has 0 unspecified atom stereocenters. The lowest BCUT2D eigenvalue weighted by atomic mass is 9.99. The summed E-state index contributed by atoms with van der Waals surface area (Å²) in [7, 11) is 1.30. The zero-order chi connectivity index (χ0) is 20.9. The Labute approximate surface area is 176 Å². The fraction of sp³-hybridized carbons (Fsp3) is 0.391. The smallest absolute Gasteiger partial charge is 0.325 e. The molecule has 0 atom stereocenters. The SMILES string of the molecule is COC(=O)CNC(=O)N1CCOc2ccc(CN3CCc4ccccc4C3)cc2C1. The summed E-state index contributed by atoms with van der Waals surface area (Å²) in [6.07, 6.45) is 1.07. The third-order valence-electron chi connectivity index (χ3n) is 5.62. The van der Waals surface area contributed by atoms with E-state index >= 15 is 0 Å². The summed E-state index contributed by atoms with van der Waals surface area (Å²) in [5.74, 6) is 0.339. The number of benzene rings is 2. The Balaban J connectivity index is 1.42. The van der Waals surface area contributed by atoms with E-state index in [4.69, 9.17) is 4.74 Å². The minimum atomic E-state index is -0.472. The van der Waals surface area contributed by atoms with Crippen LogP contribution in [0.2, 0.25) is 0 Å². The van der Waals surface area contributed by atoms with Crippen LogP contribution in [0.5, 0.6) is 5.75 Å². The first-order valence-corrected chi connectivity index (χ1v) is 10.3. The predicted octanol–water partition coefficient (Wildman–Crippen LogP) is 2.32. The van der Waals surface area contributed by atoms with Crippen molar-refractivity contribution in [3.63, 3.8) is 0 Å². The number of amides is 2. The molecule has 2 aliphatic rings. The van der Waals surface area contributed by atoms with Crippen molar-refractivity contribution in [1.29, 1.82) is 0 Å². The van der Waals surface area contributed by atoms with Crippen molar-refractivity contribution >= 4 is 12.0 Å². The fourth-order valence-electron chi connectivity index (χ4n) is 4.00. The van der Waals surface area contributed by atoms with Gasteiger partial charge in [0.25, 0.3) is 0 Å². The summed E-state index contributed by atoms with van der Waals surface area (Å²) in [4.78, 5) is 27.8. The molecule has 0 radical (unpaired) electrons. The van der Waals surface area contributed by atoms with E-state index in [1.165, 1.54) is 23.8 Å². The molecule has 2 aromatic rings. The third-order valence-corrected chi connectivity index (χ3v) is 5.62. The van der Waals surface area contributed by atoms with Crippen molar-refractivity contribution in [1.82, 2.24) is 15.1 Å². The summed E-state index contributed by atoms with van der Waals surface area (Å²) >= 11 is 0. The Kier molecular flexibility index (Phi) is 6.18. The number of methoxy groups -OCH3 is 1. The Hall–Kier alpha value is -3.06. The highest BCUT2D eigenvalue weighted by Gasteiger charge is 2.22. The van der Waals surface area contributed by atoms with Gasteiger partial charge in [0.15, 0.2) is 0 Å². The molecular formula is C23H27N3O4. The Morgan fingerprint density at radius 3 is 2.73 bits per heavy atom.